The minimum absolute atomic E-state index is 0.0835. The predicted octanol–water partition coefficient (Wildman–Crippen LogP) is 0.440. The summed E-state index contributed by atoms with van der Waals surface area (Å²) in [6.45, 7) is 4.79. The van der Waals surface area contributed by atoms with Crippen molar-refractivity contribution in [1.82, 2.24) is 24.7 Å². The zero-order valence-electron chi connectivity index (χ0n) is 19.8. The lowest BCUT2D eigenvalue weighted by Gasteiger charge is -2.39. The Kier molecular flexibility index (Phi) is 5.25. The fourth-order valence-electron chi connectivity index (χ4n) is 4.63. The highest BCUT2D eigenvalue weighted by Gasteiger charge is 2.44. The molecule has 1 saturated carbocycles. The number of hydrogen-bond acceptors (Lipinski definition) is 8. The molecule has 4 aliphatic rings. The SMILES string of the molecule is Cn1cc(CN2C(=O)c3cc(S(=O)(=O)NC4(C)CC4)ccc3N3C2=NC[C@H]3COC2CNC2)cn1. The van der Waals surface area contributed by atoms with Gasteiger partial charge in [0.2, 0.25) is 16.0 Å². The van der Waals surface area contributed by atoms with Gasteiger partial charge >= 0.3 is 0 Å². The number of rotatable bonds is 8. The first kappa shape index (κ1) is 22.7. The molecule has 3 aliphatic heterocycles. The van der Waals surface area contributed by atoms with Gasteiger partial charge in [-0.2, -0.15) is 5.10 Å². The van der Waals surface area contributed by atoms with Crippen LogP contribution in [-0.2, 0) is 28.4 Å². The number of aliphatic imine (C=N–C) groups is 1. The summed E-state index contributed by atoms with van der Waals surface area (Å²) in [7, 11) is -1.93. The molecule has 0 radical (unpaired) electrons. The number of amides is 1. The van der Waals surface area contributed by atoms with Gasteiger partial charge in [0.1, 0.15) is 0 Å². The fraction of sp³-hybridized carbons (Fsp3) is 0.522. The minimum Gasteiger partial charge on any atom is -0.373 e. The lowest BCUT2D eigenvalue weighted by molar-refractivity contribution is 0.0136. The Morgan fingerprint density at radius 3 is 2.74 bits per heavy atom. The first-order chi connectivity index (χ1) is 16.7. The van der Waals surface area contributed by atoms with Gasteiger partial charge in [-0.25, -0.2) is 18.1 Å². The largest absolute Gasteiger partial charge is 0.373 e. The predicted molar refractivity (Wildman–Crippen MR) is 129 cm³/mol. The second-order valence-electron chi connectivity index (χ2n) is 10.0. The van der Waals surface area contributed by atoms with Gasteiger partial charge in [0.05, 0.1) is 54.2 Å². The van der Waals surface area contributed by atoms with Crippen LogP contribution in [0.4, 0.5) is 5.69 Å². The van der Waals surface area contributed by atoms with Crippen LogP contribution in [-0.4, -0.2) is 78.9 Å². The van der Waals surface area contributed by atoms with E-state index in [4.69, 9.17) is 9.73 Å². The van der Waals surface area contributed by atoms with Crippen molar-refractivity contribution in [3.05, 3.63) is 41.7 Å². The van der Waals surface area contributed by atoms with Gasteiger partial charge in [-0.15, -0.1) is 0 Å². The van der Waals surface area contributed by atoms with Crippen LogP contribution >= 0.6 is 0 Å². The topological polar surface area (TPSA) is 121 Å². The number of fused-ring (bicyclic) bond motifs is 3. The van der Waals surface area contributed by atoms with Crippen molar-refractivity contribution in [1.29, 1.82) is 0 Å². The Balaban J connectivity index is 1.36. The molecule has 1 saturated heterocycles. The molecular formula is C23H29N7O4S. The maximum absolute atomic E-state index is 13.7. The molecule has 1 aromatic carbocycles. The number of aromatic nitrogens is 2. The molecule has 11 nitrogen and oxygen atoms in total. The maximum Gasteiger partial charge on any atom is 0.263 e. The van der Waals surface area contributed by atoms with Gasteiger partial charge in [-0.3, -0.25) is 14.4 Å². The number of nitrogens with one attached hydrogen (secondary N) is 2. The normalized spacial score (nSPS) is 23.1. The quantitative estimate of drug-likeness (QED) is 0.541. The van der Waals surface area contributed by atoms with E-state index >= 15 is 0 Å². The summed E-state index contributed by atoms with van der Waals surface area (Å²) in [5, 5.41) is 7.42. The fourth-order valence-corrected chi connectivity index (χ4v) is 6.12. The summed E-state index contributed by atoms with van der Waals surface area (Å²) in [5.41, 5.74) is 1.46. The average molecular weight is 500 g/mol. The zero-order valence-corrected chi connectivity index (χ0v) is 20.6. The Bertz CT molecular complexity index is 1310. The highest BCUT2D eigenvalue weighted by Crippen LogP contribution is 2.38. The molecule has 0 bridgehead atoms. The third-order valence-electron chi connectivity index (χ3n) is 7.03. The second-order valence-corrected chi connectivity index (χ2v) is 11.7. The van der Waals surface area contributed by atoms with E-state index in [9.17, 15) is 13.2 Å². The molecule has 2 fully saturated rings. The smallest absolute Gasteiger partial charge is 0.263 e. The monoisotopic (exact) mass is 499 g/mol. The standard InChI is InChI=1S/C23H29N7O4S/c1-23(5-6-23)27-35(32,33)18-3-4-20-19(7-18)21(31)29(13-15-8-26-28(2)12-15)22-25-9-16(30(20)22)14-34-17-10-24-11-17/h3-4,7-8,12,16-17,24,27H,5-6,9-11,13-14H2,1-2H3/t16-/m0/s1. The summed E-state index contributed by atoms with van der Waals surface area (Å²) in [6, 6.07) is 4.70. The summed E-state index contributed by atoms with van der Waals surface area (Å²) in [5.74, 6) is 0.282. The molecule has 1 amide bonds. The molecular weight excluding hydrogens is 470 g/mol. The van der Waals surface area contributed by atoms with E-state index in [1.54, 1.807) is 27.9 Å². The molecule has 4 heterocycles. The third-order valence-corrected chi connectivity index (χ3v) is 8.66. The van der Waals surface area contributed by atoms with Crippen molar-refractivity contribution >= 4 is 27.6 Å². The Hall–Kier alpha value is -2.80. The molecule has 35 heavy (non-hydrogen) atoms. The molecule has 2 N–H and O–H groups in total. The lowest BCUT2D eigenvalue weighted by Crippen LogP contribution is -2.55. The number of aryl methyl sites for hydroxylation is 1. The van der Waals surface area contributed by atoms with Crippen LogP contribution in [0.1, 0.15) is 35.7 Å². The van der Waals surface area contributed by atoms with E-state index in [1.165, 1.54) is 6.07 Å². The first-order valence-corrected chi connectivity index (χ1v) is 13.3. The highest BCUT2D eigenvalue weighted by atomic mass is 32.2. The van der Waals surface area contributed by atoms with Crippen LogP contribution in [0.3, 0.4) is 0 Å². The van der Waals surface area contributed by atoms with E-state index in [1.807, 2.05) is 25.1 Å². The Morgan fingerprint density at radius 1 is 1.29 bits per heavy atom. The Morgan fingerprint density at radius 2 is 2.09 bits per heavy atom. The molecule has 1 aromatic heterocycles. The number of carbonyl (C=O) groups excluding carboxylic acids is 1. The van der Waals surface area contributed by atoms with E-state index in [2.05, 4.69) is 15.1 Å². The van der Waals surface area contributed by atoms with Crippen molar-refractivity contribution in [2.45, 2.75) is 48.9 Å². The zero-order chi connectivity index (χ0) is 24.4. The van der Waals surface area contributed by atoms with Crippen LogP contribution in [0.15, 0.2) is 40.5 Å². The van der Waals surface area contributed by atoms with Crippen LogP contribution in [0, 0.1) is 0 Å². The van der Waals surface area contributed by atoms with Crippen LogP contribution in [0.5, 0.6) is 0 Å². The van der Waals surface area contributed by atoms with E-state index in [0.29, 0.717) is 30.4 Å². The van der Waals surface area contributed by atoms with Crippen LogP contribution < -0.4 is 14.9 Å². The maximum atomic E-state index is 13.7. The van der Waals surface area contributed by atoms with Crippen molar-refractivity contribution in [2.24, 2.45) is 12.0 Å². The Labute approximate surface area is 204 Å². The molecule has 1 aliphatic carbocycles. The number of carbonyl (C=O) groups is 1. The lowest BCUT2D eigenvalue weighted by atomic mass is 10.1. The molecule has 186 valence electrons. The van der Waals surface area contributed by atoms with Crippen molar-refractivity contribution in [3.8, 4) is 0 Å². The molecule has 0 unspecified atom stereocenters. The highest BCUT2D eigenvalue weighted by molar-refractivity contribution is 7.89. The summed E-state index contributed by atoms with van der Waals surface area (Å²) >= 11 is 0. The minimum atomic E-state index is -3.75. The van der Waals surface area contributed by atoms with Gasteiger partial charge in [-0.05, 0) is 38.0 Å². The molecule has 6 rings (SSSR count). The van der Waals surface area contributed by atoms with Crippen molar-refractivity contribution in [3.63, 3.8) is 0 Å². The number of sulfonamides is 1. The van der Waals surface area contributed by atoms with Gasteiger partial charge in [0.15, 0.2) is 0 Å². The van der Waals surface area contributed by atoms with Gasteiger partial charge < -0.3 is 15.0 Å². The van der Waals surface area contributed by atoms with E-state index < -0.39 is 15.6 Å². The second kappa shape index (κ2) is 8.12. The van der Waals surface area contributed by atoms with Crippen LogP contribution in [0.2, 0.25) is 0 Å². The first-order valence-electron chi connectivity index (χ1n) is 11.9. The van der Waals surface area contributed by atoms with Crippen molar-refractivity contribution in [2.75, 3.05) is 31.1 Å². The number of ether oxygens (including phenoxy) is 1. The third kappa shape index (κ3) is 4.14. The number of guanidine groups is 1. The summed E-state index contributed by atoms with van der Waals surface area (Å²) in [6.07, 6.45) is 5.36. The number of anilines is 1. The number of hydrogen-bond donors (Lipinski definition) is 2. The molecule has 1 atom stereocenters. The van der Waals surface area contributed by atoms with Gasteiger partial charge in [0, 0.05) is 37.4 Å². The number of benzene rings is 1. The molecule has 2 aromatic rings. The van der Waals surface area contributed by atoms with Gasteiger partial charge in [-0.1, -0.05) is 0 Å². The number of nitrogens with zero attached hydrogens (tertiary/aromatic N) is 5. The molecule has 0 spiro atoms. The summed E-state index contributed by atoms with van der Waals surface area (Å²) < 4.78 is 36.6. The van der Waals surface area contributed by atoms with E-state index in [-0.39, 0.29) is 29.5 Å². The summed E-state index contributed by atoms with van der Waals surface area (Å²) in [4.78, 5) is 22.1. The van der Waals surface area contributed by atoms with Gasteiger partial charge in [0.25, 0.3) is 5.91 Å². The molecule has 12 heteroatoms. The van der Waals surface area contributed by atoms with E-state index in [0.717, 1.165) is 31.5 Å². The van der Waals surface area contributed by atoms with Crippen LogP contribution in [0.25, 0.3) is 0 Å². The van der Waals surface area contributed by atoms with Crippen molar-refractivity contribution < 1.29 is 17.9 Å². The average Bonchev–Trinajstić information content (AvgIpc) is 3.16.